The number of halogens is 2. The quantitative estimate of drug-likeness (QED) is 0.805. The maximum Gasteiger partial charge on any atom is 0.271 e. The van der Waals surface area contributed by atoms with Crippen LogP contribution >= 0.6 is 34.5 Å². The zero-order valence-electron chi connectivity index (χ0n) is 14.1. The van der Waals surface area contributed by atoms with Gasteiger partial charge in [0.25, 0.3) is 11.8 Å². The summed E-state index contributed by atoms with van der Waals surface area (Å²) in [5, 5.41) is 8.34. The minimum Gasteiger partial charge on any atom is -0.348 e. The Balaban J connectivity index is 1.60. The number of thiazole rings is 1. The van der Waals surface area contributed by atoms with Crippen molar-refractivity contribution in [2.24, 2.45) is 0 Å². The topological polar surface area (TPSA) is 74.3 Å². The Bertz CT molecular complexity index is 819. The van der Waals surface area contributed by atoms with Crippen LogP contribution in [0.25, 0.3) is 0 Å². The minimum absolute atomic E-state index is 0.159. The van der Waals surface area contributed by atoms with Crippen molar-refractivity contribution in [3.63, 3.8) is 0 Å². The Kier molecular flexibility index (Phi) is 6.13. The maximum atomic E-state index is 12.3. The average molecular weight is 413 g/mol. The first-order valence-electron chi connectivity index (χ1n) is 8.13. The number of nitrogens with zero attached hydrogens (tertiary/aromatic N) is 2. The van der Waals surface area contributed by atoms with E-state index in [-0.39, 0.29) is 17.0 Å². The molecule has 0 bridgehead atoms. The van der Waals surface area contributed by atoms with Gasteiger partial charge in [-0.3, -0.25) is 14.9 Å². The fourth-order valence-electron chi connectivity index (χ4n) is 2.69. The lowest BCUT2D eigenvalue weighted by Gasteiger charge is -2.29. The summed E-state index contributed by atoms with van der Waals surface area (Å²) in [7, 11) is 2.07. The standard InChI is InChI=1S/C17H18Cl2N4O2S/c1-23-6-4-11(5-7-23)20-16(25)14-9-26-17(21-14)22-15(24)12-3-2-10(18)8-13(12)19/h2-3,8-9,11H,4-7H2,1H3,(H,20,25)(H,21,22,24). The van der Waals surface area contributed by atoms with Gasteiger partial charge in [0.05, 0.1) is 10.6 Å². The first-order chi connectivity index (χ1) is 12.4. The molecule has 1 fully saturated rings. The second-order valence-electron chi connectivity index (χ2n) is 6.17. The van der Waals surface area contributed by atoms with Gasteiger partial charge in [-0.15, -0.1) is 11.3 Å². The van der Waals surface area contributed by atoms with E-state index in [4.69, 9.17) is 23.2 Å². The molecule has 0 spiro atoms. The van der Waals surface area contributed by atoms with Crippen molar-refractivity contribution in [2.75, 3.05) is 25.5 Å². The van der Waals surface area contributed by atoms with Crippen molar-refractivity contribution in [3.8, 4) is 0 Å². The van der Waals surface area contributed by atoms with Gasteiger partial charge >= 0.3 is 0 Å². The maximum absolute atomic E-state index is 12.3. The normalized spacial score (nSPS) is 15.7. The van der Waals surface area contributed by atoms with E-state index in [0.29, 0.717) is 21.4 Å². The van der Waals surface area contributed by atoms with E-state index in [1.807, 2.05) is 0 Å². The van der Waals surface area contributed by atoms with E-state index in [9.17, 15) is 9.59 Å². The van der Waals surface area contributed by atoms with Crippen LogP contribution in [0.5, 0.6) is 0 Å². The predicted octanol–water partition coefficient (Wildman–Crippen LogP) is 3.53. The first-order valence-corrected chi connectivity index (χ1v) is 9.77. The van der Waals surface area contributed by atoms with Gasteiger partial charge < -0.3 is 10.2 Å². The molecule has 2 N–H and O–H groups in total. The van der Waals surface area contributed by atoms with Gasteiger partial charge in [-0.2, -0.15) is 0 Å². The number of benzene rings is 1. The van der Waals surface area contributed by atoms with E-state index in [1.54, 1.807) is 17.5 Å². The fraction of sp³-hybridized carbons (Fsp3) is 0.353. The predicted molar refractivity (Wildman–Crippen MR) is 105 cm³/mol. The number of hydrogen-bond donors (Lipinski definition) is 2. The van der Waals surface area contributed by atoms with E-state index >= 15 is 0 Å². The van der Waals surface area contributed by atoms with Crippen molar-refractivity contribution in [3.05, 3.63) is 44.9 Å². The average Bonchev–Trinajstić information content (AvgIpc) is 3.05. The van der Waals surface area contributed by atoms with Crippen LogP contribution in [0.2, 0.25) is 10.0 Å². The molecule has 138 valence electrons. The molecule has 1 aliphatic heterocycles. The molecule has 1 aliphatic rings. The van der Waals surface area contributed by atoms with Gasteiger partial charge in [0, 0.05) is 16.4 Å². The van der Waals surface area contributed by atoms with Gasteiger partial charge in [0.15, 0.2) is 5.13 Å². The highest BCUT2D eigenvalue weighted by molar-refractivity contribution is 7.14. The third-order valence-corrected chi connectivity index (χ3v) is 5.49. The molecule has 0 saturated carbocycles. The van der Waals surface area contributed by atoms with Crippen molar-refractivity contribution in [1.82, 2.24) is 15.2 Å². The van der Waals surface area contributed by atoms with Gasteiger partial charge in [0.1, 0.15) is 5.69 Å². The SMILES string of the molecule is CN1CCC(NC(=O)c2csc(NC(=O)c3ccc(Cl)cc3Cl)n2)CC1. The molecule has 6 nitrogen and oxygen atoms in total. The number of amides is 2. The molecule has 2 amide bonds. The number of nitrogens with one attached hydrogen (secondary N) is 2. The largest absolute Gasteiger partial charge is 0.348 e. The van der Waals surface area contributed by atoms with E-state index in [1.165, 1.54) is 17.4 Å². The summed E-state index contributed by atoms with van der Waals surface area (Å²) < 4.78 is 0. The van der Waals surface area contributed by atoms with Crippen LogP contribution in [0.3, 0.4) is 0 Å². The molecule has 2 aromatic rings. The summed E-state index contributed by atoms with van der Waals surface area (Å²) in [6.07, 6.45) is 1.84. The number of anilines is 1. The second kappa shape index (κ2) is 8.35. The van der Waals surface area contributed by atoms with Crippen LogP contribution < -0.4 is 10.6 Å². The summed E-state index contributed by atoms with van der Waals surface area (Å²) in [5.41, 5.74) is 0.593. The summed E-state index contributed by atoms with van der Waals surface area (Å²) >= 11 is 13.1. The lowest BCUT2D eigenvalue weighted by Crippen LogP contribution is -2.43. The number of hydrogen-bond acceptors (Lipinski definition) is 5. The lowest BCUT2D eigenvalue weighted by atomic mass is 10.1. The highest BCUT2D eigenvalue weighted by Gasteiger charge is 2.21. The molecule has 26 heavy (non-hydrogen) atoms. The molecule has 3 rings (SSSR count). The summed E-state index contributed by atoms with van der Waals surface area (Å²) in [6.45, 7) is 1.93. The van der Waals surface area contributed by atoms with Crippen molar-refractivity contribution >= 4 is 51.5 Å². The molecule has 1 aromatic heterocycles. The molecule has 2 heterocycles. The second-order valence-corrected chi connectivity index (χ2v) is 7.87. The van der Waals surface area contributed by atoms with E-state index < -0.39 is 5.91 Å². The summed E-state index contributed by atoms with van der Waals surface area (Å²) in [5.74, 6) is -0.621. The summed E-state index contributed by atoms with van der Waals surface area (Å²) in [6, 6.07) is 4.79. The Morgan fingerprint density at radius 2 is 1.96 bits per heavy atom. The number of aromatic nitrogens is 1. The molecule has 0 atom stereocenters. The number of piperidine rings is 1. The monoisotopic (exact) mass is 412 g/mol. The van der Waals surface area contributed by atoms with Crippen LogP contribution in [0.15, 0.2) is 23.6 Å². The van der Waals surface area contributed by atoms with Crippen LogP contribution in [0.1, 0.15) is 33.7 Å². The van der Waals surface area contributed by atoms with Crippen LogP contribution in [-0.4, -0.2) is 47.9 Å². The molecule has 0 unspecified atom stereocenters. The fourth-order valence-corrected chi connectivity index (χ4v) is 3.87. The van der Waals surface area contributed by atoms with Crippen molar-refractivity contribution in [2.45, 2.75) is 18.9 Å². The van der Waals surface area contributed by atoms with Crippen molar-refractivity contribution < 1.29 is 9.59 Å². The van der Waals surface area contributed by atoms with Crippen LogP contribution in [0, 0.1) is 0 Å². The van der Waals surface area contributed by atoms with Gasteiger partial charge in [-0.1, -0.05) is 23.2 Å². The smallest absolute Gasteiger partial charge is 0.271 e. The van der Waals surface area contributed by atoms with Crippen LogP contribution in [-0.2, 0) is 0 Å². The van der Waals surface area contributed by atoms with Crippen LogP contribution in [0.4, 0.5) is 5.13 Å². The third-order valence-electron chi connectivity index (χ3n) is 4.19. The van der Waals surface area contributed by atoms with E-state index in [0.717, 1.165) is 25.9 Å². The number of likely N-dealkylation sites (tertiary alicyclic amines) is 1. The zero-order chi connectivity index (χ0) is 18.7. The van der Waals surface area contributed by atoms with E-state index in [2.05, 4.69) is 27.6 Å². The number of carbonyl (C=O) groups excluding carboxylic acids is 2. The lowest BCUT2D eigenvalue weighted by molar-refractivity contribution is 0.0911. The Labute approximate surface area is 165 Å². The Hall–Kier alpha value is -1.67. The molecule has 9 heteroatoms. The zero-order valence-corrected chi connectivity index (χ0v) is 16.4. The molecule has 0 aliphatic carbocycles. The number of carbonyl (C=O) groups is 2. The first kappa shape index (κ1) is 19.1. The molecule has 0 radical (unpaired) electrons. The van der Waals surface area contributed by atoms with Crippen molar-refractivity contribution in [1.29, 1.82) is 0 Å². The molecule has 1 aromatic carbocycles. The van der Waals surface area contributed by atoms with Gasteiger partial charge in [-0.05, 0) is 51.2 Å². The molecular formula is C17H18Cl2N4O2S. The summed E-state index contributed by atoms with van der Waals surface area (Å²) in [4.78, 5) is 31.1. The molecular weight excluding hydrogens is 395 g/mol. The number of rotatable bonds is 4. The highest BCUT2D eigenvalue weighted by atomic mass is 35.5. The third kappa shape index (κ3) is 4.73. The Morgan fingerprint density at radius 3 is 2.65 bits per heavy atom. The van der Waals surface area contributed by atoms with Gasteiger partial charge in [-0.25, -0.2) is 4.98 Å². The Morgan fingerprint density at radius 1 is 1.23 bits per heavy atom. The minimum atomic E-state index is -0.400. The van der Waals surface area contributed by atoms with Gasteiger partial charge in [0.2, 0.25) is 0 Å². The molecule has 1 saturated heterocycles. The highest BCUT2D eigenvalue weighted by Crippen LogP contribution is 2.23.